The largest absolute Gasteiger partial charge is 0.506 e. The van der Waals surface area contributed by atoms with Crippen LogP contribution in [0.3, 0.4) is 0 Å². The molecule has 0 saturated heterocycles. The van der Waals surface area contributed by atoms with Crippen molar-refractivity contribution in [2.24, 2.45) is 22.9 Å². The monoisotopic (exact) mass is 485 g/mol. The standard InChI is InChI=1S/C18H21Br2N3OS/c19-14-4-13(16(24)15(20)5-14)9-21-23-17(25)22-18-6-10-1-11(7-18)3-12(2-10)8-18/h4-5,9-12,24H,1-3,6-8H2,(H2,22,23,25). The highest BCUT2D eigenvalue weighted by Crippen LogP contribution is 2.55. The van der Waals surface area contributed by atoms with Crippen LogP contribution in [0, 0.1) is 17.8 Å². The lowest BCUT2D eigenvalue weighted by atomic mass is 9.53. The summed E-state index contributed by atoms with van der Waals surface area (Å²) < 4.78 is 1.49. The number of phenolic OH excluding ortho intramolecular Hbond substituents is 1. The lowest BCUT2D eigenvalue weighted by molar-refractivity contribution is -0.0101. The maximum Gasteiger partial charge on any atom is 0.187 e. The Morgan fingerprint density at radius 1 is 1.16 bits per heavy atom. The van der Waals surface area contributed by atoms with E-state index in [9.17, 15) is 5.11 Å². The molecule has 7 heteroatoms. The molecule has 134 valence electrons. The van der Waals surface area contributed by atoms with Gasteiger partial charge in [-0.3, -0.25) is 5.43 Å². The molecule has 0 spiro atoms. The molecule has 4 bridgehead atoms. The minimum atomic E-state index is 0.161. The average Bonchev–Trinajstić information content (AvgIpc) is 2.50. The zero-order chi connectivity index (χ0) is 17.6. The Bertz CT molecular complexity index is 702. The second kappa shape index (κ2) is 6.82. The number of nitrogens with zero attached hydrogens (tertiary/aromatic N) is 1. The van der Waals surface area contributed by atoms with Crippen molar-refractivity contribution < 1.29 is 5.11 Å². The number of benzene rings is 1. The normalized spacial score (nSPS) is 33.0. The molecule has 4 fully saturated rings. The number of hydrogen-bond donors (Lipinski definition) is 3. The third-order valence-electron chi connectivity index (χ3n) is 5.84. The zero-order valence-corrected chi connectivity index (χ0v) is 17.8. The van der Waals surface area contributed by atoms with Gasteiger partial charge in [-0.1, -0.05) is 15.9 Å². The average molecular weight is 487 g/mol. The van der Waals surface area contributed by atoms with Gasteiger partial charge in [0.2, 0.25) is 0 Å². The van der Waals surface area contributed by atoms with E-state index in [2.05, 4.69) is 47.7 Å². The van der Waals surface area contributed by atoms with E-state index in [1.807, 2.05) is 0 Å². The molecule has 3 N–H and O–H groups in total. The van der Waals surface area contributed by atoms with Crippen molar-refractivity contribution in [3.05, 3.63) is 26.6 Å². The summed E-state index contributed by atoms with van der Waals surface area (Å²) in [6.07, 6.45) is 9.54. The number of rotatable bonds is 3. The van der Waals surface area contributed by atoms with Gasteiger partial charge in [0.05, 0.1) is 10.7 Å². The number of halogens is 2. The van der Waals surface area contributed by atoms with Gasteiger partial charge in [0, 0.05) is 15.6 Å². The van der Waals surface area contributed by atoms with Crippen LogP contribution in [0.4, 0.5) is 0 Å². The number of hydrogen-bond acceptors (Lipinski definition) is 3. The third kappa shape index (κ3) is 3.74. The summed E-state index contributed by atoms with van der Waals surface area (Å²) in [6, 6.07) is 3.60. The number of hydrazone groups is 1. The molecular formula is C18H21Br2N3OS. The van der Waals surface area contributed by atoms with E-state index in [1.54, 1.807) is 18.3 Å². The van der Waals surface area contributed by atoms with E-state index in [-0.39, 0.29) is 11.3 Å². The summed E-state index contributed by atoms with van der Waals surface area (Å²) in [4.78, 5) is 0. The van der Waals surface area contributed by atoms with Crippen LogP contribution in [-0.4, -0.2) is 22.0 Å². The maximum atomic E-state index is 10.1. The number of phenols is 1. The molecule has 0 heterocycles. The topological polar surface area (TPSA) is 56.7 Å². The minimum Gasteiger partial charge on any atom is -0.506 e. The highest BCUT2D eigenvalue weighted by molar-refractivity contribution is 9.11. The van der Waals surface area contributed by atoms with E-state index >= 15 is 0 Å². The Morgan fingerprint density at radius 3 is 2.36 bits per heavy atom. The van der Waals surface area contributed by atoms with Crippen LogP contribution in [0.15, 0.2) is 26.2 Å². The molecule has 5 rings (SSSR count). The fourth-order valence-electron chi connectivity index (χ4n) is 5.38. The first-order valence-corrected chi connectivity index (χ1v) is 10.7. The molecule has 4 aliphatic rings. The van der Waals surface area contributed by atoms with Crippen LogP contribution in [0.25, 0.3) is 0 Å². The van der Waals surface area contributed by atoms with E-state index in [4.69, 9.17) is 12.2 Å². The molecule has 0 unspecified atom stereocenters. The van der Waals surface area contributed by atoms with Crippen molar-refractivity contribution in [1.29, 1.82) is 0 Å². The molecule has 4 aliphatic carbocycles. The Morgan fingerprint density at radius 2 is 1.76 bits per heavy atom. The molecule has 0 aliphatic heterocycles. The smallest absolute Gasteiger partial charge is 0.187 e. The summed E-state index contributed by atoms with van der Waals surface area (Å²) in [5.74, 6) is 2.79. The van der Waals surface area contributed by atoms with Gasteiger partial charge in [0.25, 0.3) is 0 Å². The van der Waals surface area contributed by atoms with Crippen molar-refractivity contribution in [2.75, 3.05) is 0 Å². The summed E-state index contributed by atoms with van der Waals surface area (Å²) in [5.41, 5.74) is 3.71. The fourth-order valence-corrected chi connectivity index (χ4v) is 6.90. The van der Waals surface area contributed by atoms with Crippen LogP contribution >= 0.6 is 44.1 Å². The van der Waals surface area contributed by atoms with Crippen LogP contribution in [0.2, 0.25) is 0 Å². The van der Waals surface area contributed by atoms with Gasteiger partial charge >= 0.3 is 0 Å². The lowest BCUT2D eigenvalue weighted by Gasteiger charge is -2.57. The van der Waals surface area contributed by atoms with Crippen LogP contribution in [0.5, 0.6) is 5.75 Å². The predicted molar refractivity (Wildman–Crippen MR) is 111 cm³/mol. The van der Waals surface area contributed by atoms with E-state index in [0.29, 0.717) is 15.1 Å². The number of thiocarbonyl (C=S) groups is 1. The predicted octanol–water partition coefficient (Wildman–Crippen LogP) is 4.68. The Labute approximate surface area is 170 Å². The Hall–Kier alpha value is -0.660. The molecule has 0 radical (unpaired) electrons. The molecular weight excluding hydrogens is 466 g/mol. The first kappa shape index (κ1) is 17.7. The Kier molecular flexibility index (Phi) is 4.84. The fraction of sp³-hybridized carbons (Fsp3) is 0.556. The second-order valence-electron chi connectivity index (χ2n) is 7.85. The third-order valence-corrected chi connectivity index (χ3v) is 7.10. The molecule has 0 atom stereocenters. The highest BCUT2D eigenvalue weighted by Gasteiger charge is 2.51. The van der Waals surface area contributed by atoms with E-state index < -0.39 is 0 Å². The first-order valence-electron chi connectivity index (χ1n) is 8.72. The first-order chi connectivity index (χ1) is 11.9. The summed E-state index contributed by atoms with van der Waals surface area (Å²) in [6.45, 7) is 0. The summed E-state index contributed by atoms with van der Waals surface area (Å²) >= 11 is 12.2. The minimum absolute atomic E-state index is 0.161. The van der Waals surface area contributed by atoms with E-state index in [0.717, 1.165) is 22.2 Å². The molecule has 0 aromatic heterocycles. The molecule has 4 saturated carbocycles. The lowest BCUT2D eigenvalue weighted by Crippen LogP contribution is -2.61. The molecule has 0 amide bonds. The van der Waals surface area contributed by atoms with Gasteiger partial charge in [-0.15, -0.1) is 0 Å². The summed E-state index contributed by atoms with van der Waals surface area (Å²) in [5, 5.41) is 18.4. The van der Waals surface area contributed by atoms with Crippen molar-refractivity contribution in [1.82, 2.24) is 10.7 Å². The van der Waals surface area contributed by atoms with Crippen molar-refractivity contribution >= 4 is 55.4 Å². The van der Waals surface area contributed by atoms with Crippen molar-refractivity contribution in [3.63, 3.8) is 0 Å². The zero-order valence-electron chi connectivity index (χ0n) is 13.8. The SMILES string of the molecule is Oc1c(Br)cc(Br)cc1C=NNC(=S)NC12CC3CC(CC(C3)C1)C2. The van der Waals surface area contributed by atoms with Crippen molar-refractivity contribution in [2.45, 2.75) is 44.1 Å². The molecule has 1 aromatic rings. The number of nitrogens with one attached hydrogen (secondary N) is 2. The summed E-state index contributed by atoms with van der Waals surface area (Å²) in [7, 11) is 0. The van der Waals surface area contributed by atoms with Gasteiger partial charge in [-0.2, -0.15) is 5.10 Å². The Balaban J connectivity index is 1.39. The molecule has 25 heavy (non-hydrogen) atoms. The van der Waals surface area contributed by atoms with E-state index in [1.165, 1.54) is 38.5 Å². The van der Waals surface area contributed by atoms with Crippen molar-refractivity contribution in [3.8, 4) is 5.75 Å². The quantitative estimate of drug-likeness (QED) is 0.329. The van der Waals surface area contributed by atoms with Gasteiger partial charge in [0.15, 0.2) is 5.11 Å². The van der Waals surface area contributed by atoms with Crippen LogP contribution in [0.1, 0.15) is 44.1 Å². The number of aromatic hydroxyl groups is 1. The van der Waals surface area contributed by atoms with Gasteiger partial charge in [-0.05, 0) is 96.6 Å². The molecule has 4 nitrogen and oxygen atoms in total. The van der Waals surface area contributed by atoms with Crippen LogP contribution in [-0.2, 0) is 0 Å². The van der Waals surface area contributed by atoms with Gasteiger partial charge in [0.1, 0.15) is 5.75 Å². The van der Waals surface area contributed by atoms with Gasteiger partial charge < -0.3 is 10.4 Å². The maximum absolute atomic E-state index is 10.1. The molecule has 1 aromatic carbocycles. The van der Waals surface area contributed by atoms with Crippen LogP contribution < -0.4 is 10.7 Å². The second-order valence-corrected chi connectivity index (χ2v) is 10.0. The highest BCUT2D eigenvalue weighted by atomic mass is 79.9. The van der Waals surface area contributed by atoms with Gasteiger partial charge in [-0.25, -0.2) is 0 Å².